The molecule has 0 fully saturated rings. The molecule has 1 N–H and O–H groups in total. The molecule has 0 bridgehead atoms. The van der Waals surface area contributed by atoms with E-state index in [0.29, 0.717) is 17.3 Å². The van der Waals surface area contributed by atoms with Crippen LogP contribution in [0.2, 0.25) is 0 Å². The van der Waals surface area contributed by atoms with Crippen LogP contribution in [-0.2, 0) is 14.3 Å². The van der Waals surface area contributed by atoms with Crippen LogP contribution in [0.3, 0.4) is 0 Å². The molecule has 1 heterocycles. The maximum atomic E-state index is 13.0. The average molecular weight is 411 g/mol. The third kappa shape index (κ3) is 4.66. The fourth-order valence-corrected chi connectivity index (χ4v) is 3.77. The van der Waals surface area contributed by atoms with Gasteiger partial charge in [0.1, 0.15) is 6.61 Å². The SMILES string of the molecule is COCCOC(=O)C1=C(C)N(c2ccc(C)cc2)C(=S)N[C@H]1c1cccc(C)c1. The fourth-order valence-electron chi connectivity index (χ4n) is 3.41. The maximum Gasteiger partial charge on any atom is 0.338 e. The Balaban J connectivity index is 2.06. The molecule has 1 aliphatic rings. The highest BCUT2D eigenvalue weighted by Gasteiger charge is 2.35. The number of nitrogens with one attached hydrogen (secondary N) is 1. The first-order valence-corrected chi connectivity index (χ1v) is 9.94. The van der Waals surface area contributed by atoms with Crippen LogP contribution in [0.15, 0.2) is 59.8 Å². The van der Waals surface area contributed by atoms with E-state index in [-0.39, 0.29) is 18.6 Å². The fraction of sp³-hybridized carbons (Fsp3) is 0.304. The van der Waals surface area contributed by atoms with Crippen LogP contribution in [0, 0.1) is 13.8 Å². The smallest absolute Gasteiger partial charge is 0.338 e. The van der Waals surface area contributed by atoms with Crippen LogP contribution >= 0.6 is 12.2 Å². The van der Waals surface area contributed by atoms with Gasteiger partial charge in [-0.25, -0.2) is 4.79 Å². The van der Waals surface area contributed by atoms with E-state index in [1.807, 2.05) is 68.1 Å². The van der Waals surface area contributed by atoms with Gasteiger partial charge in [-0.1, -0.05) is 47.5 Å². The first-order chi connectivity index (χ1) is 13.9. The number of thiocarbonyl (C=S) groups is 1. The highest BCUT2D eigenvalue weighted by Crippen LogP contribution is 2.34. The summed E-state index contributed by atoms with van der Waals surface area (Å²) in [4.78, 5) is 14.9. The third-order valence-corrected chi connectivity index (χ3v) is 5.19. The second-order valence-electron chi connectivity index (χ2n) is 7.10. The summed E-state index contributed by atoms with van der Waals surface area (Å²) in [7, 11) is 1.58. The van der Waals surface area contributed by atoms with E-state index in [2.05, 4.69) is 11.4 Å². The Hall–Kier alpha value is -2.70. The Bertz CT molecular complexity index is 937. The predicted molar refractivity (Wildman–Crippen MR) is 119 cm³/mol. The number of allylic oxidation sites excluding steroid dienone is 1. The Kier molecular flexibility index (Phi) is 6.67. The highest BCUT2D eigenvalue weighted by molar-refractivity contribution is 7.80. The second-order valence-corrected chi connectivity index (χ2v) is 7.48. The molecule has 3 rings (SSSR count). The summed E-state index contributed by atoms with van der Waals surface area (Å²) in [6.45, 7) is 6.51. The summed E-state index contributed by atoms with van der Waals surface area (Å²) in [5, 5.41) is 3.89. The van der Waals surface area contributed by atoms with Crippen LogP contribution < -0.4 is 10.2 Å². The van der Waals surface area contributed by atoms with Crippen molar-refractivity contribution in [3.8, 4) is 0 Å². The molecule has 2 aromatic rings. The van der Waals surface area contributed by atoms with Gasteiger partial charge < -0.3 is 14.8 Å². The van der Waals surface area contributed by atoms with E-state index in [9.17, 15) is 4.79 Å². The molecule has 0 saturated carbocycles. The minimum Gasteiger partial charge on any atom is -0.460 e. The number of anilines is 1. The molecule has 1 atom stereocenters. The predicted octanol–water partition coefficient (Wildman–Crippen LogP) is 4.20. The molecule has 0 saturated heterocycles. The normalized spacial score (nSPS) is 16.6. The molecular formula is C23H26N2O3S. The number of hydrogen-bond donors (Lipinski definition) is 1. The molecule has 2 aromatic carbocycles. The van der Waals surface area contributed by atoms with Gasteiger partial charge in [0.15, 0.2) is 5.11 Å². The largest absolute Gasteiger partial charge is 0.460 e. The molecule has 152 valence electrons. The topological polar surface area (TPSA) is 50.8 Å². The number of carbonyl (C=O) groups excluding carboxylic acids is 1. The molecule has 0 radical (unpaired) electrons. The van der Waals surface area contributed by atoms with Crippen molar-refractivity contribution in [3.05, 3.63) is 76.5 Å². The molecular weight excluding hydrogens is 384 g/mol. The first-order valence-electron chi connectivity index (χ1n) is 9.53. The first kappa shape index (κ1) is 21.0. The van der Waals surface area contributed by atoms with Gasteiger partial charge in [0.2, 0.25) is 0 Å². The van der Waals surface area contributed by atoms with Crippen molar-refractivity contribution in [1.82, 2.24) is 5.32 Å². The summed E-state index contributed by atoms with van der Waals surface area (Å²) in [5.74, 6) is -0.377. The zero-order chi connectivity index (χ0) is 21.0. The number of hydrogen-bond acceptors (Lipinski definition) is 4. The molecule has 0 aromatic heterocycles. The van der Waals surface area contributed by atoms with E-state index in [1.165, 1.54) is 0 Å². The number of methoxy groups -OCH3 is 1. The van der Waals surface area contributed by atoms with Crippen molar-refractivity contribution in [2.45, 2.75) is 26.8 Å². The standard InChI is InChI=1S/C23H26N2O3S/c1-15-8-10-19(11-9-15)25-17(3)20(22(26)28-13-12-27-4)21(24-23(25)29)18-7-5-6-16(2)14-18/h5-11,14,21H,12-13H2,1-4H3,(H,24,29)/t21-/m0/s1. The van der Waals surface area contributed by atoms with Crippen molar-refractivity contribution in [3.63, 3.8) is 0 Å². The Morgan fingerprint density at radius 3 is 2.45 bits per heavy atom. The lowest BCUT2D eigenvalue weighted by Crippen LogP contribution is -2.48. The van der Waals surface area contributed by atoms with E-state index in [0.717, 1.165) is 28.1 Å². The van der Waals surface area contributed by atoms with Crippen molar-refractivity contribution >= 4 is 29.0 Å². The summed E-state index contributed by atoms with van der Waals surface area (Å²) < 4.78 is 10.5. The van der Waals surface area contributed by atoms with Gasteiger partial charge in [-0.3, -0.25) is 4.90 Å². The molecule has 5 nitrogen and oxygen atoms in total. The summed E-state index contributed by atoms with van der Waals surface area (Å²) in [5.41, 5.74) is 5.43. The van der Waals surface area contributed by atoms with Gasteiger partial charge in [-0.05, 0) is 50.7 Å². The summed E-state index contributed by atoms with van der Waals surface area (Å²) in [6.07, 6.45) is 0. The monoisotopic (exact) mass is 410 g/mol. The van der Waals surface area contributed by atoms with Crippen molar-refractivity contribution in [2.24, 2.45) is 0 Å². The number of benzene rings is 2. The zero-order valence-corrected chi connectivity index (χ0v) is 18.0. The third-order valence-electron chi connectivity index (χ3n) is 4.89. The van der Waals surface area contributed by atoms with Crippen LogP contribution in [0.1, 0.15) is 29.7 Å². The van der Waals surface area contributed by atoms with E-state index < -0.39 is 0 Å². The minimum absolute atomic E-state index is 0.196. The lowest BCUT2D eigenvalue weighted by atomic mass is 9.94. The molecule has 29 heavy (non-hydrogen) atoms. The summed E-state index contributed by atoms with van der Waals surface area (Å²) >= 11 is 5.68. The Morgan fingerprint density at radius 2 is 1.79 bits per heavy atom. The summed E-state index contributed by atoms with van der Waals surface area (Å²) in [6, 6.07) is 15.7. The van der Waals surface area contributed by atoms with Gasteiger partial charge in [-0.15, -0.1) is 0 Å². The number of ether oxygens (including phenoxy) is 2. The number of esters is 1. The van der Waals surface area contributed by atoms with E-state index >= 15 is 0 Å². The van der Waals surface area contributed by atoms with Crippen LogP contribution in [0.25, 0.3) is 0 Å². The van der Waals surface area contributed by atoms with Crippen LogP contribution in [-0.4, -0.2) is 31.4 Å². The molecule has 6 heteroatoms. The van der Waals surface area contributed by atoms with Crippen LogP contribution in [0.4, 0.5) is 5.69 Å². The maximum absolute atomic E-state index is 13.0. The van der Waals surface area contributed by atoms with E-state index in [1.54, 1.807) is 7.11 Å². The molecule has 0 amide bonds. The zero-order valence-electron chi connectivity index (χ0n) is 17.2. The lowest BCUT2D eigenvalue weighted by molar-refractivity contribution is -0.140. The number of rotatable bonds is 6. The van der Waals surface area contributed by atoms with Crippen molar-refractivity contribution < 1.29 is 14.3 Å². The van der Waals surface area contributed by atoms with Crippen molar-refractivity contribution in [2.75, 3.05) is 25.2 Å². The number of aryl methyl sites for hydroxylation is 2. The molecule has 0 aliphatic carbocycles. The van der Waals surface area contributed by atoms with Crippen molar-refractivity contribution in [1.29, 1.82) is 0 Å². The minimum atomic E-state index is -0.377. The average Bonchev–Trinajstić information content (AvgIpc) is 2.69. The van der Waals surface area contributed by atoms with Gasteiger partial charge in [-0.2, -0.15) is 0 Å². The Morgan fingerprint density at radius 1 is 1.07 bits per heavy atom. The van der Waals surface area contributed by atoms with Gasteiger partial charge in [0, 0.05) is 18.5 Å². The number of nitrogens with zero attached hydrogens (tertiary/aromatic N) is 1. The second kappa shape index (κ2) is 9.20. The number of carbonyl (C=O) groups is 1. The van der Waals surface area contributed by atoms with E-state index in [4.69, 9.17) is 21.7 Å². The molecule has 0 spiro atoms. The Labute approximate surface area is 177 Å². The van der Waals surface area contributed by atoms with Gasteiger partial charge in [0.05, 0.1) is 18.2 Å². The molecule has 1 aliphatic heterocycles. The highest BCUT2D eigenvalue weighted by atomic mass is 32.1. The lowest BCUT2D eigenvalue weighted by Gasteiger charge is -2.37. The van der Waals surface area contributed by atoms with Gasteiger partial charge in [0.25, 0.3) is 0 Å². The van der Waals surface area contributed by atoms with Crippen LogP contribution in [0.5, 0.6) is 0 Å². The molecule has 0 unspecified atom stereocenters. The quantitative estimate of drug-likeness (QED) is 0.438. The van der Waals surface area contributed by atoms with Gasteiger partial charge >= 0.3 is 5.97 Å².